The van der Waals surface area contributed by atoms with Crippen LogP contribution in [-0.4, -0.2) is 44.2 Å². The highest BCUT2D eigenvalue weighted by Gasteiger charge is 2.48. The molecule has 22 heavy (non-hydrogen) atoms. The van der Waals surface area contributed by atoms with E-state index in [0.29, 0.717) is 19.8 Å². The molecule has 0 N–H and O–H groups in total. The fourth-order valence-corrected chi connectivity index (χ4v) is 1.78. The third kappa shape index (κ3) is 8.08. The molecule has 0 radical (unpaired) electrons. The lowest BCUT2D eigenvalue weighted by Crippen LogP contribution is -2.54. The van der Waals surface area contributed by atoms with Crippen molar-refractivity contribution in [1.82, 2.24) is 0 Å². The summed E-state index contributed by atoms with van der Waals surface area (Å²) in [6, 6.07) is 0. The molecule has 0 fully saturated rings. The molecule has 0 saturated heterocycles. The van der Waals surface area contributed by atoms with Gasteiger partial charge in [-0.2, -0.15) is 0 Å². The van der Waals surface area contributed by atoms with Crippen molar-refractivity contribution in [2.24, 2.45) is 0 Å². The maximum atomic E-state index is 11.6. The predicted molar refractivity (Wildman–Crippen MR) is 83.2 cm³/mol. The van der Waals surface area contributed by atoms with Crippen LogP contribution >= 0.6 is 0 Å². The van der Waals surface area contributed by atoms with E-state index in [1.165, 1.54) is 6.92 Å². The molecule has 0 bridgehead atoms. The van der Waals surface area contributed by atoms with E-state index in [2.05, 4.69) is 0 Å². The average Bonchev–Trinajstić information content (AvgIpc) is 2.42. The topological polar surface area (TPSA) is 63.2 Å². The molecule has 132 valence electrons. The molecule has 0 spiro atoms. The fraction of sp³-hybridized carbons (Fsp3) is 0.938. The van der Waals surface area contributed by atoms with E-state index < -0.39 is 18.2 Å². The van der Waals surface area contributed by atoms with Crippen LogP contribution < -0.4 is 0 Å². The number of ether oxygens (including phenoxy) is 5. The summed E-state index contributed by atoms with van der Waals surface area (Å²) in [6.07, 6.45) is 1.41. The molecule has 0 aromatic rings. The minimum Gasteiger partial charge on any atom is -0.404 e. The quantitative estimate of drug-likeness (QED) is 0.295. The van der Waals surface area contributed by atoms with E-state index in [0.717, 1.165) is 19.3 Å². The van der Waals surface area contributed by atoms with Crippen molar-refractivity contribution in [2.45, 2.75) is 79.2 Å². The van der Waals surface area contributed by atoms with E-state index >= 15 is 0 Å². The van der Waals surface area contributed by atoms with Crippen LogP contribution in [0, 0.1) is 0 Å². The van der Waals surface area contributed by atoms with Gasteiger partial charge in [0.1, 0.15) is 0 Å². The minimum absolute atomic E-state index is 0.228. The standard InChI is InChI=1S/C16H32O6/c1-7-10-12-20-16(21-13(4)5,22-14(6)17)15(18-9-3)19-11-8-2/h13,15H,7-12H2,1-6H3. The zero-order valence-corrected chi connectivity index (χ0v) is 14.8. The lowest BCUT2D eigenvalue weighted by Gasteiger charge is -2.38. The van der Waals surface area contributed by atoms with Gasteiger partial charge in [-0.25, -0.2) is 0 Å². The van der Waals surface area contributed by atoms with E-state index in [9.17, 15) is 4.79 Å². The molecule has 2 atom stereocenters. The predicted octanol–water partition coefficient (Wildman–Crippen LogP) is 3.23. The number of esters is 1. The fourth-order valence-electron chi connectivity index (χ4n) is 1.78. The Bertz CT molecular complexity index is 294. The molecule has 0 aliphatic carbocycles. The number of carbonyl (C=O) groups excluding carboxylic acids is 1. The largest absolute Gasteiger partial charge is 0.404 e. The zero-order valence-electron chi connectivity index (χ0n) is 14.8. The molecular weight excluding hydrogens is 288 g/mol. The van der Waals surface area contributed by atoms with Crippen LogP contribution in [0.2, 0.25) is 0 Å². The Balaban J connectivity index is 5.33. The van der Waals surface area contributed by atoms with Crippen molar-refractivity contribution in [2.75, 3.05) is 19.8 Å². The van der Waals surface area contributed by atoms with Crippen LogP contribution in [0.15, 0.2) is 0 Å². The second kappa shape index (κ2) is 11.8. The van der Waals surface area contributed by atoms with Gasteiger partial charge in [-0.1, -0.05) is 20.3 Å². The van der Waals surface area contributed by atoms with Gasteiger partial charge in [0.15, 0.2) is 0 Å². The maximum absolute atomic E-state index is 11.6. The molecule has 0 aromatic carbocycles. The Morgan fingerprint density at radius 3 is 2.18 bits per heavy atom. The lowest BCUT2D eigenvalue weighted by molar-refractivity contribution is -0.448. The summed E-state index contributed by atoms with van der Waals surface area (Å²) in [5.74, 6) is -2.19. The Kier molecular flexibility index (Phi) is 11.5. The summed E-state index contributed by atoms with van der Waals surface area (Å²) < 4.78 is 28.2. The molecule has 0 aliphatic heterocycles. The summed E-state index contributed by atoms with van der Waals surface area (Å²) in [6.45, 7) is 12.1. The molecule has 0 heterocycles. The Morgan fingerprint density at radius 2 is 1.73 bits per heavy atom. The van der Waals surface area contributed by atoms with Crippen LogP contribution in [0.25, 0.3) is 0 Å². The molecule has 0 aliphatic rings. The number of unbranched alkanes of at least 4 members (excludes halogenated alkanes) is 1. The van der Waals surface area contributed by atoms with Gasteiger partial charge in [0, 0.05) is 20.1 Å². The zero-order chi connectivity index (χ0) is 17.0. The van der Waals surface area contributed by atoms with Crippen molar-refractivity contribution < 1.29 is 28.5 Å². The Labute approximate surface area is 134 Å². The van der Waals surface area contributed by atoms with Crippen molar-refractivity contribution in [1.29, 1.82) is 0 Å². The van der Waals surface area contributed by atoms with Crippen LogP contribution in [0.5, 0.6) is 0 Å². The minimum atomic E-state index is -1.68. The Morgan fingerprint density at radius 1 is 1.05 bits per heavy atom. The maximum Gasteiger partial charge on any atom is 0.383 e. The third-order valence-corrected chi connectivity index (χ3v) is 2.57. The summed E-state index contributed by atoms with van der Waals surface area (Å²) in [5.41, 5.74) is 0. The van der Waals surface area contributed by atoms with Gasteiger partial charge in [-0.3, -0.25) is 4.79 Å². The first kappa shape index (κ1) is 21.3. The van der Waals surface area contributed by atoms with Crippen LogP contribution in [0.1, 0.15) is 60.8 Å². The molecule has 0 saturated carbocycles. The van der Waals surface area contributed by atoms with E-state index in [4.69, 9.17) is 23.7 Å². The number of hydrogen-bond donors (Lipinski definition) is 0. The molecule has 0 rings (SSSR count). The highest BCUT2D eigenvalue weighted by molar-refractivity contribution is 5.66. The molecule has 6 nitrogen and oxygen atoms in total. The van der Waals surface area contributed by atoms with Gasteiger partial charge in [0.2, 0.25) is 0 Å². The summed E-state index contributed by atoms with van der Waals surface area (Å²) in [7, 11) is 0. The first-order valence-corrected chi connectivity index (χ1v) is 8.16. The monoisotopic (exact) mass is 320 g/mol. The number of rotatable bonds is 13. The van der Waals surface area contributed by atoms with Gasteiger partial charge >= 0.3 is 11.9 Å². The molecular formula is C16H32O6. The SMILES string of the molecule is CCCCOC(OC(C)=O)(OC(C)C)C(OCC)OCCC. The van der Waals surface area contributed by atoms with Gasteiger partial charge < -0.3 is 23.7 Å². The lowest BCUT2D eigenvalue weighted by atomic mass is 10.3. The van der Waals surface area contributed by atoms with Gasteiger partial charge in [-0.05, 0) is 33.6 Å². The second-order valence-electron chi connectivity index (χ2n) is 5.22. The number of hydrogen-bond acceptors (Lipinski definition) is 6. The summed E-state index contributed by atoms with van der Waals surface area (Å²) in [4.78, 5) is 11.6. The van der Waals surface area contributed by atoms with E-state index in [-0.39, 0.29) is 6.10 Å². The molecule has 2 unspecified atom stereocenters. The van der Waals surface area contributed by atoms with Crippen LogP contribution in [0.4, 0.5) is 0 Å². The normalized spacial score (nSPS) is 15.6. The second-order valence-corrected chi connectivity index (χ2v) is 5.22. The van der Waals surface area contributed by atoms with Crippen molar-refractivity contribution in [3.8, 4) is 0 Å². The van der Waals surface area contributed by atoms with Crippen LogP contribution in [-0.2, 0) is 28.5 Å². The van der Waals surface area contributed by atoms with Crippen molar-refractivity contribution >= 4 is 5.97 Å². The molecule has 0 aromatic heterocycles. The van der Waals surface area contributed by atoms with Gasteiger partial charge in [-0.15, -0.1) is 0 Å². The molecule has 6 heteroatoms. The third-order valence-electron chi connectivity index (χ3n) is 2.57. The van der Waals surface area contributed by atoms with Crippen molar-refractivity contribution in [3.63, 3.8) is 0 Å². The summed E-state index contributed by atoms with van der Waals surface area (Å²) in [5, 5.41) is 0. The number of carbonyl (C=O) groups is 1. The van der Waals surface area contributed by atoms with E-state index in [1.54, 1.807) is 0 Å². The molecule has 0 amide bonds. The first-order chi connectivity index (χ1) is 10.4. The van der Waals surface area contributed by atoms with Crippen LogP contribution in [0.3, 0.4) is 0 Å². The first-order valence-electron chi connectivity index (χ1n) is 8.16. The van der Waals surface area contributed by atoms with Crippen molar-refractivity contribution in [3.05, 3.63) is 0 Å². The average molecular weight is 320 g/mol. The Hall–Kier alpha value is -0.690. The van der Waals surface area contributed by atoms with Gasteiger partial charge in [0.05, 0.1) is 12.7 Å². The van der Waals surface area contributed by atoms with Gasteiger partial charge in [0.25, 0.3) is 6.29 Å². The summed E-state index contributed by atoms with van der Waals surface area (Å²) >= 11 is 0. The van der Waals surface area contributed by atoms with E-state index in [1.807, 2.05) is 34.6 Å². The highest BCUT2D eigenvalue weighted by atomic mass is 16.9. The highest BCUT2D eigenvalue weighted by Crippen LogP contribution is 2.27. The smallest absolute Gasteiger partial charge is 0.383 e.